The molecule has 216 valence electrons. The number of nitrogens with one attached hydrogen (secondary N) is 1. The number of ether oxygens (including phenoxy) is 2. The summed E-state index contributed by atoms with van der Waals surface area (Å²) in [6, 6.07) is 18.1. The third kappa shape index (κ3) is 6.88. The number of likely N-dealkylation sites (N-methyl/N-ethyl adjacent to an activating group) is 1. The van der Waals surface area contributed by atoms with E-state index in [0.29, 0.717) is 25.2 Å². The first-order valence-corrected chi connectivity index (χ1v) is 13.9. The zero-order valence-corrected chi connectivity index (χ0v) is 24.5. The lowest BCUT2D eigenvalue weighted by molar-refractivity contribution is -0.130. The van der Waals surface area contributed by atoms with Gasteiger partial charge in [-0.2, -0.15) is 0 Å². The average Bonchev–Trinajstić information content (AvgIpc) is 3.07. The van der Waals surface area contributed by atoms with E-state index in [1.165, 1.54) is 11.9 Å². The quantitative estimate of drug-likeness (QED) is 0.363. The molecular formula is C33H39N3O5. The van der Waals surface area contributed by atoms with E-state index in [1.54, 1.807) is 38.7 Å². The Labute approximate surface area is 241 Å². The number of carbonyl (C=O) groups is 3. The lowest BCUT2D eigenvalue weighted by atomic mass is 10.0. The van der Waals surface area contributed by atoms with Crippen molar-refractivity contribution in [2.75, 3.05) is 18.6 Å². The van der Waals surface area contributed by atoms with Crippen LogP contribution >= 0.6 is 0 Å². The number of carbonyl (C=O) groups excluding carboxylic acids is 3. The summed E-state index contributed by atoms with van der Waals surface area (Å²) in [4.78, 5) is 43.0. The maximum absolute atomic E-state index is 14.2. The topological polar surface area (TPSA) is 88.2 Å². The number of benzene rings is 3. The highest BCUT2D eigenvalue weighted by Gasteiger charge is 2.35. The molecule has 1 heterocycles. The highest BCUT2D eigenvalue weighted by atomic mass is 16.6. The number of anilines is 1. The molecule has 3 aromatic rings. The van der Waals surface area contributed by atoms with Gasteiger partial charge < -0.3 is 19.7 Å². The first kappa shape index (κ1) is 29.6. The van der Waals surface area contributed by atoms with Crippen molar-refractivity contribution in [2.45, 2.75) is 64.8 Å². The number of amides is 3. The average molecular weight is 558 g/mol. The van der Waals surface area contributed by atoms with Crippen LogP contribution in [-0.2, 0) is 27.3 Å². The van der Waals surface area contributed by atoms with Crippen LogP contribution in [0, 0.1) is 0 Å². The van der Waals surface area contributed by atoms with Crippen LogP contribution < -0.4 is 15.0 Å². The second-order valence-corrected chi connectivity index (χ2v) is 11.3. The summed E-state index contributed by atoms with van der Waals surface area (Å²) in [5, 5.41) is 4.94. The van der Waals surface area contributed by atoms with Gasteiger partial charge in [0.1, 0.15) is 30.0 Å². The predicted molar refractivity (Wildman–Crippen MR) is 161 cm³/mol. The maximum atomic E-state index is 14.2. The van der Waals surface area contributed by atoms with Crippen molar-refractivity contribution >= 4 is 34.4 Å². The van der Waals surface area contributed by atoms with Crippen molar-refractivity contribution in [1.82, 2.24) is 10.2 Å². The van der Waals surface area contributed by atoms with Gasteiger partial charge in [-0.1, -0.05) is 61.2 Å². The Morgan fingerprint density at radius 3 is 2.56 bits per heavy atom. The summed E-state index contributed by atoms with van der Waals surface area (Å²) in [6.45, 7) is 11.3. The highest BCUT2D eigenvalue weighted by Crippen LogP contribution is 2.34. The molecule has 2 atom stereocenters. The molecule has 1 aliphatic heterocycles. The van der Waals surface area contributed by atoms with Gasteiger partial charge in [-0.05, 0) is 69.0 Å². The summed E-state index contributed by atoms with van der Waals surface area (Å²) in [7, 11) is 1.51. The molecule has 3 aromatic carbocycles. The molecule has 0 fully saturated rings. The van der Waals surface area contributed by atoms with Crippen molar-refractivity contribution < 1.29 is 23.9 Å². The summed E-state index contributed by atoms with van der Waals surface area (Å²) in [5.41, 5.74) is 2.00. The fraction of sp³-hybridized carbons (Fsp3) is 0.364. The van der Waals surface area contributed by atoms with Gasteiger partial charge in [0.05, 0.1) is 6.54 Å². The molecule has 41 heavy (non-hydrogen) atoms. The minimum Gasteiger partial charge on any atom is -0.489 e. The third-order valence-corrected chi connectivity index (χ3v) is 7.18. The number of aryl methyl sites for hydroxylation is 1. The molecule has 0 aromatic heterocycles. The van der Waals surface area contributed by atoms with Gasteiger partial charge in [0.25, 0.3) is 0 Å². The van der Waals surface area contributed by atoms with Gasteiger partial charge in [0.15, 0.2) is 0 Å². The Hall–Kier alpha value is -4.33. The van der Waals surface area contributed by atoms with Crippen LogP contribution in [0.25, 0.3) is 10.8 Å². The van der Waals surface area contributed by atoms with E-state index in [-0.39, 0.29) is 12.5 Å². The monoisotopic (exact) mass is 557 g/mol. The number of rotatable bonds is 8. The molecule has 3 amide bonds. The molecule has 1 aliphatic rings. The fourth-order valence-electron chi connectivity index (χ4n) is 4.89. The molecule has 8 heteroatoms. The molecule has 0 aliphatic carbocycles. The van der Waals surface area contributed by atoms with E-state index in [9.17, 15) is 14.4 Å². The number of fused-ring (bicyclic) bond motifs is 2. The van der Waals surface area contributed by atoms with Crippen LogP contribution in [0.4, 0.5) is 10.5 Å². The van der Waals surface area contributed by atoms with Crippen LogP contribution in [0.3, 0.4) is 0 Å². The number of para-hydroxylation sites is 1. The molecular weight excluding hydrogens is 518 g/mol. The Bertz CT molecular complexity index is 1440. The Kier molecular flexibility index (Phi) is 9.01. The maximum Gasteiger partial charge on any atom is 0.410 e. The van der Waals surface area contributed by atoms with E-state index >= 15 is 0 Å². The molecule has 0 bridgehead atoms. The lowest BCUT2D eigenvalue weighted by Gasteiger charge is -2.30. The number of nitrogens with zero attached hydrogens (tertiary/aromatic N) is 2. The van der Waals surface area contributed by atoms with Crippen molar-refractivity contribution in [3.63, 3.8) is 0 Å². The molecule has 1 N–H and O–H groups in total. The molecule has 4 rings (SSSR count). The first-order chi connectivity index (χ1) is 19.5. The van der Waals surface area contributed by atoms with E-state index in [4.69, 9.17) is 9.47 Å². The van der Waals surface area contributed by atoms with E-state index in [1.807, 2.05) is 60.7 Å². The third-order valence-electron chi connectivity index (χ3n) is 7.18. The highest BCUT2D eigenvalue weighted by molar-refractivity contribution is 6.02. The Morgan fingerprint density at radius 1 is 1.12 bits per heavy atom. The largest absolute Gasteiger partial charge is 0.489 e. The predicted octanol–water partition coefficient (Wildman–Crippen LogP) is 5.62. The zero-order chi connectivity index (χ0) is 29.7. The first-order valence-electron chi connectivity index (χ1n) is 13.9. The summed E-state index contributed by atoms with van der Waals surface area (Å²) < 4.78 is 11.4. The normalized spacial score (nSPS) is 15.9. The fourth-order valence-corrected chi connectivity index (χ4v) is 4.89. The molecule has 0 unspecified atom stereocenters. The summed E-state index contributed by atoms with van der Waals surface area (Å²) in [6.07, 6.45) is 2.11. The Balaban J connectivity index is 1.65. The van der Waals surface area contributed by atoms with E-state index in [2.05, 4.69) is 11.9 Å². The van der Waals surface area contributed by atoms with Crippen LogP contribution in [0.15, 0.2) is 73.3 Å². The van der Waals surface area contributed by atoms with Gasteiger partial charge in [-0.3, -0.25) is 14.5 Å². The molecule has 0 spiro atoms. The van der Waals surface area contributed by atoms with Crippen LogP contribution in [-0.4, -0.2) is 54.1 Å². The minimum atomic E-state index is -0.839. The molecule has 0 saturated heterocycles. The standard InChI is InChI=1S/C33H39N3O5/c1-7-20-40-29-19-17-23-12-8-10-14-25(23)26(29)21-36-28-15-11-9-13-24(28)16-18-27(31(36)38)34-30(37)22(2)35(6)32(39)41-33(3,4)5/h7-15,17,19,22,27H,1,16,18,20-21H2,2-6H3,(H,34,37)/t22-,27-/m0/s1. The summed E-state index contributed by atoms with van der Waals surface area (Å²) in [5.74, 6) is 0.0205. The lowest BCUT2D eigenvalue weighted by Crippen LogP contribution is -2.54. The van der Waals surface area contributed by atoms with Gasteiger partial charge >= 0.3 is 6.09 Å². The van der Waals surface area contributed by atoms with Crippen molar-refractivity contribution in [2.24, 2.45) is 0 Å². The van der Waals surface area contributed by atoms with Gasteiger partial charge in [-0.25, -0.2) is 4.79 Å². The smallest absolute Gasteiger partial charge is 0.410 e. The van der Waals surface area contributed by atoms with Crippen molar-refractivity contribution in [3.8, 4) is 5.75 Å². The zero-order valence-electron chi connectivity index (χ0n) is 24.5. The molecule has 0 saturated carbocycles. The Morgan fingerprint density at radius 2 is 1.83 bits per heavy atom. The number of hydrogen-bond acceptors (Lipinski definition) is 5. The SMILES string of the molecule is C=CCOc1ccc2ccccc2c1CN1C(=O)[C@@H](NC(=O)[C@H](C)N(C)C(=O)OC(C)(C)C)CCc2ccccc21. The van der Waals surface area contributed by atoms with E-state index in [0.717, 1.165) is 27.6 Å². The van der Waals surface area contributed by atoms with Gasteiger partial charge in [0.2, 0.25) is 11.8 Å². The second kappa shape index (κ2) is 12.5. The van der Waals surface area contributed by atoms with Crippen molar-refractivity contribution in [1.29, 1.82) is 0 Å². The van der Waals surface area contributed by atoms with Crippen LogP contribution in [0.1, 0.15) is 45.2 Å². The van der Waals surface area contributed by atoms with Gasteiger partial charge in [0, 0.05) is 18.3 Å². The molecule has 8 nitrogen and oxygen atoms in total. The van der Waals surface area contributed by atoms with Crippen LogP contribution in [0.2, 0.25) is 0 Å². The van der Waals surface area contributed by atoms with E-state index < -0.39 is 29.7 Å². The minimum absolute atomic E-state index is 0.224. The van der Waals surface area contributed by atoms with Gasteiger partial charge in [-0.15, -0.1) is 0 Å². The van der Waals surface area contributed by atoms with Crippen LogP contribution in [0.5, 0.6) is 5.75 Å². The molecule has 0 radical (unpaired) electrons. The number of hydrogen-bond donors (Lipinski definition) is 1. The van der Waals surface area contributed by atoms with Crippen molar-refractivity contribution in [3.05, 3.63) is 84.4 Å². The summed E-state index contributed by atoms with van der Waals surface area (Å²) >= 11 is 0. The second-order valence-electron chi connectivity index (χ2n) is 11.3.